The molecule has 0 bridgehead atoms. The van der Waals surface area contributed by atoms with Gasteiger partial charge >= 0.3 is 0 Å². The van der Waals surface area contributed by atoms with E-state index in [9.17, 15) is 4.39 Å². The fourth-order valence-corrected chi connectivity index (χ4v) is 3.18. The van der Waals surface area contributed by atoms with Crippen LogP contribution in [0.2, 0.25) is 0 Å². The van der Waals surface area contributed by atoms with Gasteiger partial charge < -0.3 is 0 Å². The van der Waals surface area contributed by atoms with Gasteiger partial charge in [-0.1, -0.05) is 43.3 Å². The highest BCUT2D eigenvalue weighted by Gasteiger charge is 2.10. The number of hydrogen-bond acceptors (Lipinski definition) is 3. The van der Waals surface area contributed by atoms with Crippen molar-refractivity contribution in [3.05, 3.63) is 75.7 Å². The Hall–Kier alpha value is -2.53. The molecule has 24 heavy (non-hydrogen) atoms. The van der Waals surface area contributed by atoms with E-state index < -0.39 is 0 Å². The number of nitrogens with zero attached hydrogens (tertiary/aromatic N) is 3. The predicted octanol–water partition coefficient (Wildman–Crippen LogP) is 4.33. The lowest BCUT2D eigenvalue weighted by atomic mass is 10.1. The highest BCUT2D eigenvalue weighted by atomic mass is 32.1. The van der Waals surface area contributed by atoms with Gasteiger partial charge in [0.2, 0.25) is 4.80 Å². The van der Waals surface area contributed by atoms with Gasteiger partial charge in [0.15, 0.2) is 0 Å². The largest absolute Gasteiger partial charge is 0.261 e. The summed E-state index contributed by atoms with van der Waals surface area (Å²) in [6.07, 6.45) is 2.78. The van der Waals surface area contributed by atoms with Crippen LogP contribution in [0.5, 0.6) is 0 Å². The summed E-state index contributed by atoms with van der Waals surface area (Å²) >= 11 is 1.44. The molecule has 0 atom stereocenters. The zero-order valence-corrected chi connectivity index (χ0v) is 14.4. The third kappa shape index (κ3) is 3.36. The molecular formula is C19H18FN3S. The Morgan fingerprint density at radius 2 is 1.88 bits per heavy atom. The van der Waals surface area contributed by atoms with Crippen LogP contribution in [0.4, 0.5) is 4.39 Å². The number of rotatable bonds is 4. The standard InChI is InChI=1S/C19H18FN3S/c1-3-14-8-10-15(11-9-14)12-22-23-18(13-24-19(23)21-2)16-6-4-5-7-17(16)20/h4-13H,3H2,1-2H3. The van der Waals surface area contributed by atoms with Crippen LogP contribution in [0, 0.1) is 5.82 Å². The van der Waals surface area contributed by atoms with Crippen LogP contribution in [0.15, 0.2) is 64.0 Å². The molecule has 0 N–H and O–H groups in total. The minimum absolute atomic E-state index is 0.269. The Kier molecular flexibility index (Phi) is 5.01. The number of hydrogen-bond donors (Lipinski definition) is 0. The maximum atomic E-state index is 14.1. The number of aromatic nitrogens is 1. The third-order valence-corrected chi connectivity index (χ3v) is 4.64. The van der Waals surface area contributed by atoms with E-state index in [0.29, 0.717) is 11.3 Å². The molecule has 0 aliphatic rings. The molecule has 0 aliphatic carbocycles. The summed E-state index contributed by atoms with van der Waals surface area (Å²) < 4.78 is 15.8. The van der Waals surface area contributed by atoms with Crippen molar-refractivity contribution in [2.45, 2.75) is 13.3 Å². The first-order chi connectivity index (χ1) is 11.7. The van der Waals surface area contributed by atoms with Gasteiger partial charge in [0.1, 0.15) is 5.82 Å². The van der Waals surface area contributed by atoms with Crippen molar-refractivity contribution in [3.8, 4) is 11.3 Å². The summed E-state index contributed by atoms with van der Waals surface area (Å²) in [5.74, 6) is -0.269. The number of halogens is 1. The molecule has 0 saturated carbocycles. The molecule has 122 valence electrons. The Balaban J connectivity index is 2.02. The van der Waals surface area contributed by atoms with E-state index in [0.717, 1.165) is 16.8 Å². The predicted molar refractivity (Wildman–Crippen MR) is 98.0 cm³/mol. The van der Waals surface area contributed by atoms with Crippen LogP contribution in [0.1, 0.15) is 18.1 Å². The molecule has 0 aliphatic heterocycles. The van der Waals surface area contributed by atoms with E-state index in [1.54, 1.807) is 30.1 Å². The quantitative estimate of drug-likeness (QED) is 0.633. The second kappa shape index (κ2) is 7.36. The number of benzene rings is 2. The molecule has 0 fully saturated rings. The molecule has 0 amide bonds. The maximum absolute atomic E-state index is 14.1. The molecule has 3 nitrogen and oxygen atoms in total. The Bertz CT molecular complexity index is 920. The first kappa shape index (κ1) is 16.3. The van der Waals surface area contributed by atoms with Crippen molar-refractivity contribution in [2.75, 3.05) is 7.05 Å². The van der Waals surface area contributed by atoms with Gasteiger partial charge in [-0.05, 0) is 29.7 Å². The Morgan fingerprint density at radius 1 is 1.12 bits per heavy atom. The molecule has 1 aromatic heterocycles. The summed E-state index contributed by atoms with van der Waals surface area (Å²) in [6.45, 7) is 2.13. The van der Waals surface area contributed by atoms with Gasteiger partial charge in [-0.15, -0.1) is 11.3 Å². The van der Waals surface area contributed by atoms with E-state index >= 15 is 0 Å². The summed E-state index contributed by atoms with van der Waals surface area (Å²) in [5.41, 5.74) is 3.49. The molecule has 0 saturated heterocycles. The van der Waals surface area contributed by atoms with Gasteiger partial charge in [0.05, 0.1) is 11.9 Å². The molecule has 2 aromatic carbocycles. The van der Waals surface area contributed by atoms with Gasteiger partial charge in [0, 0.05) is 18.0 Å². The highest BCUT2D eigenvalue weighted by Crippen LogP contribution is 2.23. The van der Waals surface area contributed by atoms with Crippen molar-refractivity contribution in [1.29, 1.82) is 0 Å². The SMILES string of the molecule is CCc1ccc(C=Nn2c(-c3ccccc3F)csc2=NC)cc1. The van der Waals surface area contributed by atoms with E-state index in [4.69, 9.17) is 0 Å². The molecule has 5 heteroatoms. The van der Waals surface area contributed by atoms with Gasteiger partial charge in [0.25, 0.3) is 0 Å². The summed E-state index contributed by atoms with van der Waals surface area (Å²) in [4.78, 5) is 4.95. The second-order valence-electron chi connectivity index (χ2n) is 5.26. The van der Waals surface area contributed by atoms with E-state index in [-0.39, 0.29) is 5.82 Å². The number of thiazole rings is 1. The molecule has 0 unspecified atom stereocenters. The molecule has 3 aromatic rings. The average molecular weight is 339 g/mol. The van der Waals surface area contributed by atoms with Crippen LogP contribution < -0.4 is 4.80 Å². The topological polar surface area (TPSA) is 29.6 Å². The highest BCUT2D eigenvalue weighted by molar-refractivity contribution is 7.07. The maximum Gasteiger partial charge on any atom is 0.205 e. The summed E-state index contributed by atoms with van der Waals surface area (Å²) in [7, 11) is 1.71. The van der Waals surface area contributed by atoms with Crippen LogP contribution in [-0.2, 0) is 6.42 Å². The first-order valence-corrected chi connectivity index (χ1v) is 8.62. The zero-order valence-electron chi connectivity index (χ0n) is 13.6. The molecular weight excluding hydrogens is 321 g/mol. The lowest BCUT2D eigenvalue weighted by molar-refractivity contribution is 0.629. The van der Waals surface area contributed by atoms with Crippen LogP contribution >= 0.6 is 11.3 Å². The minimum Gasteiger partial charge on any atom is -0.261 e. The Labute approximate surface area is 144 Å². The lowest BCUT2D eigenvalue weighted by Gasteiger charge is -2.04. The van der Waals surface area contributed by atoms with Crippen molar-refractivity contribution < 1.29 is 4.39 Å². The van der Waals surface area contributed by atoms with Crippen molar-refractivity contribution in [1.82, 2.24) is 4.68 Å². The van der Waals surface area contributed by atoms with E-state index in [1.807, 2.05) is 23.6 Å². The van der Waals surface area contributed by atoms with Crippen molar-refractivity contribution in [2.24, 2.45) is 10.1 Å². The molecule has 0 spiro atoms. The van der Waals surface area contributed by atoms with E-state index in [2.05, 4.69) is 29.2 Å². The first-order valence-electron chi connectivity index (χ1n) is 7.74. The molecule has 0 radical (unpaired) electrons. The summed E-state index contributed by atoms with van der Waals surface area (Å²) in [5, 5.41) is 6.40. The monoisotopic (exact) mass is 339 g/mol. The normalized spacial score (nSPS) is 12.2. The van der Waals surface area contributed by atoms with Crippen LogP contribution in [-0.4, -0.2) is 17.9 Å². The number of aryl methyl sites for hydroxylation is 1. The van der Waals surface area contributed by atoms with Crippen LogP contribution in [0.3, 0.4) is 0 Å². The fourth-order valence-electron chi connectivity index (χ4n) is 2.38. The Morgan fingerprint density at radius 3 is 2.54 bits per heavy atom. The molecule has 3 rings (SSSR count). The fraction of sp³-hybridized carbons (Fsp3) is 0.158. The average Bonchev–Trinajstić information content (AvgIpc) is 3.03. The van der Waals surface area contributed by atoms with Gasteiger partial charge in [-0.2, -0.15) is 5.10 Å². The van der Waals surface area contributed by atoms with E-state index in [1.165, 1.54) is 23.0 Å². The third-order valence-electron chi connectivity index (χ3n) is 3.74. The summed E-state index contributed by atoms with van der Waals surface area (Å²) in [6, 6.07) is 14.9. The van der Waals surface area contributed by atoms with Crippen LogP contribution in [0.25, 0.3) is 11.3 Å². The van der Waals surface area contributed by atoms with Crippen molar-refractivity contribution in [3.63, 3.8) is 0 Å². The lowest BCUT2D eigenvalue weighted by Crippen LogP contribution is -2.11. The second-order valence-corrected chi connectivity index (χ2v) is 6.10. The van der Waals surface area contributed by atoms with Gasteiger partial charge in [-0.25, -0.2) is 9.07 Å². The zero-order chi connectivity index (χ0) is 16.9. The smallest absolute Gasteiger partial charge is 0.205 e. The van der Waals surface area contributed by atoms with Gasteiger partial charge in [-0.3, -0.25) is 4.99 Å². The molecule has 1 heterocycles. The minimum atomic E-state index is -0.269. The van der Waals surface area contributed by atoms with Crippen molar-refractivity contribution >= 4 is 17.6 Å².